The van der Waals surface area contributed by atoms with Crippen molar-refractivity contribution in [1.82, 2.24) is 4.90 Å². The zero-order valence-electron chi connectivity index (χ0n) is 22.6. The first-order valence-electron chi connectivity index (χ1n) is 13.8. The number of aliphatic hydroxyl groups excluding tert-OH is 1. The van der Waals surface area contributed by atoms with Gasteiger partial charge in [-0.05, 0) is 93.8 Å². The molecule has 0 aromatic heterocycles. The first kappa shape index (κ1) is 28.0. The highest BCUT2D eigenvalue weighted by atomic mass is 16.4. The van der Waals surface area contributed by atoms with E-state index in [0.717, 1.165) is 67.6 Å². The molecule has 1 aliphatic heterocycles. The van der Waals surface area contributed by atoms with Crippen molar-refractivity contribution in [2.75, 3.05) is 19.6 Å². The Kier molecular flexibility index (Phi) is 9.03. The summed E-state index contributed by atoms with van der Waals surface area (Å²) in [5.74, 6) is -0.706. The molecule has 0 aliphatic carbocycles. The maximum Gasteiger partial charge on any atom is 0.313 e. The molecule has 1 heterocycles. The van der Waals surface area contributed by atoms with Crippen LogP contribution in [0.25, 0.3) is 0 Å². The minimum absolute atomic E-state index is 0.142. The van der Waals surface area contributed by atoms with E-state index in [0.29, 0.717) is 6.42 Å². The molecule has 3 aromatic carbocycles. The molecule has 4 rings (SSSR count). The Hall–Kier alpha value is -2.99. The molecule has 1 saturated heterocycles. The smallest absolute Gasteiger partial charge is 0.313 e. The van der Waals surface area contributed by atoms with Gasteiger partial charge in [0, 0.05) is 0 Å². The van der Waals surface area contributed by atoms with Crippen LogP contribution in [-0.2, 0) is 22.2 Å². The monoisotopic (exact) mass is 515 g/mol. The molecule has 5 nitrogen and oxygen atoms in total. The van der Waals surface area contributed by atoms with Gasteiger partial charge < -0.3 is 20.2 Å². The van der Waals surface area contributed by atoms with Gasteiger partial charge in [-0.2, -0.15) is 0 Å². The van der Waals surface area contributed by atoms with Gasteiger partial charge in [-0.15, -0.1) is 0 Å². The molecule has 38 heavy (non-hydrogen) atoms. The number of benzene rings is 3. The van der Waals surface area contributed by atoms with Crippen molar-refractivity contribution in [3.05, 3.63) is 107 Å². The van der Waals surface area contributed by atoms with Gasteiger partial charge in [-0.25, -0.2) is 0 Å². The predicted molar refractivity (Wildman–Crippen MR) is 151 cm³/mol. The summed E-state index contributed by atoms with van der Waals surface area (Å²) in [5, 5.41) is 32.1. The van der Waals surface area contributed by atoms with E-state index in [9.17, 15) is 20.1 Å². The Bertz CT molecular complexity index is 1110. The maximum atomic E-state index is 12.1. The highest BCUT2D eigenvalue weighted by molar-refractivity contribution is 5.80. The average molecular weight is 516 g/mol. The zero-order chi connectivity index (χ0) is 27.2. The van der Waals surface area contributed by atoms with Crippen molar-refractivity contribution < 1.29 is 20.1 Å². The molecule has 3 aromatic rings. The molecule has 5 heteroatoms. The fraction of sp³-hybridized carbons (Fsp3) is 0.424. The van der Waals surface area contributed by atoms with Crippen LogP contribution in [0.4, 0.5) is 0 Å². The van der Waals surface area contributed by atoms with E-state index in [2.05, 4.69) is 4.90 Å². The van der Waals surface area contributed by atoms with Crippen LogP contribution in [0.3, 0.4) is 0 Å². The van der Waals surface area contributed by atoms with Crippen LogP contribution in [0.2, 0.25) is 0 Å². The summed E-state index contributed by atoms with van der Waals surface area (Å²) in [6.45, 7) is 6.20. The predicted octanol–water partition coefficient (Wildman–Crippen LogP) is 5.38. The lowest BCUT2D eigenvalue weighted by atomic mass is 9.72. The minimum atomic E-state index is -1.000. The third kappa shape index (κ3) is 6.35. The van der Waals surface area contributed by atoms with Gasteiger partial charge in [0.1, 0.15) is 5.60 Å². The molecule has 1 unspecified atom stereocenters. The molecule has 0 bridgehead atoms. The van der Waals surface area contributed by atoms with Crippen molar-refractivity contribution in [3.8, 4) is 0 Å². The van der Waals surface area contributed by atoms with E-state index in [1.165, 1.54) is 0 Å². The second-order valence-electron chi connectivity index (χ2n) is 11.2. The Labute approximate surface area is 226 Å². The van der Waals surface area contributed by atoms with Crippen LogP contribution in [0.1, 0.15) is 61.8 Å². The fourth-order valence-corrected chi connectivity index (χ4v) is 5.70. The van der Waals surface area contributed by atoms with Gasteiger partial charge >= 0.3 is 5.97 Å². The first-order chi connectivity index (χ1) is 18.2. The normalized spacial score (nSPS) is 16.3. The van der Waals surface area contributed by atoms with E-state index in [1.54, 1.807) is 13.8 Å². The number of rotatable bonds is 11. The third-order valence-electron chi connectivity index (χ3n) is 8.30. The summed E-state index contributed by atoms with van der Waals surface area (Å²) in [6, 6.07) is 27.6. The van der Waals surface area contributed by atoms with E-state index in [-0.39, 0.29) is 5.92 Å². The Morgan fingerprint density at radius 2 is 1.39 bits per heavy atom. The number of nitrogens with zero attached hydrogens (tertiary/aromatic N) is 1. The number of aliphatic hydroxyl groups is 2. The molecule has 3 N–H and O–H groups in total. The van der Waals surface area contributed by atoms with Gasteiger partial charge in [-0.3, -0.25) is 4.79 Å². The van der Waals surface area contributed by atoms with Gasteiger partial charge in [-0.1, -0.05) is 84.9 Å². The molecule has 0 saturated carbocycles. The number of carboxylic acid groups (broad SMARTS) is 1. The highest BCUT2D eigenvalue weighted by Gasteiger charge is 2.41. The minimum Gasteiger partial charge on any atom is -0.481 e. The van der Waals surface area contributed by atoms with E-state index in [4.69, 9.17) is 0 Å². The lowest BCUT2D eigenvalue weighted by Crippen LogP contribution is -2.44. The number of carboxylic acids is 1. The second kappa shape index (κ2) is 12.2. The lowest BCUT2D eigenvalue weighted by Gasteiger charge is -2.42. The van der Waals surface area contributed by atoms with Crippen LogP contribution >= 0.6 is 0 Å². The van der Waals surface area contributed by atoms with Crippen LogP contribution in [0.15, 0.2) is 84.9 Å². The molecular weight excluding hydrogens is 474 g/mol. The summed E-state index contributed by atoms with van der Waals surface area (Å²) >= 11 is 0. The summed E-state index contributed by atoms with van der Waals surface area (Å²) in [4.78, 5) is 13.9. The van der Waals surface area contributed by atoms with Gasteiger partial charge in [0.05, 0.1) is 11.5 Å². The van der Waals surface area contributed by atoms with E-state index >= 15 is 0 Å². The second-order valence-corrected chi connectivity index (χ2v) is 11.2. The zero-order valence-corrected chi connectivity index (χ0v) is 22.6. The van der Waals surface area contributed by atoms with Crippen molar-refractivity contribution in [2.24, 2.45) is 5.92 Å². The average Bonchev–Trinajstić information content (AvgIpc) is 2.94. The first-order valence-corrected chi connectivity index (χ1v) is 13.8. The van der Waals surface area contributed by atoms with Crippen LogP contribution in [0, 0.1) is 5.92 Å². The number of aliphatic carboxylic acids is 1. The third-order valence-corrected chi connectivity index (χ3v) is 8.30. The number of carbonyl (C=O) groups is 1. The summed E-state index contributed by atoms with van der Waals surface area (Å²) in [7, 11) is 0. The standard InChI is InChI=1S/C33H41NO4/c1-32(2,31(36)37)26-17-15-25(16-18-26)24-30(35)14-9-21-34-22-19-29(20-23-34)33(38,27-10-5-3-6-11-27)28-12-7-4-8-13-28/h3-8,10-13,15-18,29-30,35,38H,9,14,19-24H2,1-2H3,(H,36,37). The fourth-order valence-electron chi connectivity index (χ4n) is 5.70. The van der Waals surface area contributed by atoms with Crippen molar-refractivity contribution in [2.45, 2.75) is 63.1 Å². The molecule has 0 spiro atoms. The molecule has 1 fully saturated rings. The summed E-state index contributed by atoms with van der Waals surface area (Å²) < 4.78 is 0. The topological polar surface area (TPSA) is 81.0 Å². The number of piperidine rings is 1. The van der Waals surface area contributed by atoms with Crippen LogP contribution in [0.5, 0.6) is 0 Å². The SMILES string of the molecule is CC(C)(C(=O)O)c1ccc(CC(O)CCCN2CCC(C(O)(c3ccccc3)c3ccccc3)CC2)cc1. The summed E-state index contributed by atoms with van der Waals surface area (Å²) in [5.41, 5.74) is 1.75. The maximum absolute atomic E-state index is 12.1. The largest absolute Gasteiger partial charge is 0.481 e. The number of hydrogen-bond donors (Lipinski definition) is 3. The Morgan fingerprint density at radius 3 is 1.89 bits per heavy atom. The number of hydrogen-bond acceptors (Lipinski definition) is 4. The van der Waals surface area contributed by atoms with Gasteiger partial charge in [0.2, 0.25) is 0 Å². The Morgan fingerprint density at radius 1 is 0.868 bits per heavy atom. The molecule has 1 atom stereocenters. The van der Waals surface area contributed by atoms with Gasteiger partial charge in [0.15, 0.2) is 0 Å². The lowest BCUT2D eigenvalue weighted by molar-refractivity contribution is -0.142. The van der Waals surface area contributed by atoms with Crippen molar-refractivity contribution in [1.29, 1.82) is 0 Å². The quantitative estimate of drug-likeness (QED) is 0.319. The van der Waals surface area contributed by atoms with E-state index < -0.39 is 23.1 Å². The highest BCUT2D eigenvalue weighted by Crippen LogP contribution is 2.41. The molecule has 0 radical (unpaired) electrons. The molecule has 0 amide bonds. The van der Waals surface area contributed by atoms with Gasteiger partial charge in [0.25, 0.3) is 0 Å². The molecular formula is C33H41NO4. The summed E-state index contributed by atoms with van der Waals surface area (Å²) in [6.07, 6.45) is 3.62. The molecule has 1 aliphatic rings. The van der Waals surface area contributed by atoms with Crippen molar-refractivity contribution in [3.63, 3.8) is 0 Å². The van der Waals surface area contributed by atoms with Crippen LogP contribution in [-0.4, -0.2) is 51.9 Å². The Balaban J connectivity index is 1.27. The van der Waals surface area contributed by atoms with E-state index in [1.807, 2.05) is 84.9 Å². The number of likely N-dealkylation sites (tertiary alicyclic amines) is 1. The molecule has 202 valence electrons. The van der Waals surface area contributed by atoms with Crippen molar-refractivity contribution >= 4 is 5.97 Å². The van der Waals surface area contributed by atoms with Crippen LogP contribution < -0.4 is 0 Å².